The number of rotatable bonds is 5. The second-order valence-corrected chi connectivity index (χ2v) is 8.03. The van der Waals surface area contributed by atoms with Gasteiger partial charge in [-0.2, -0.15) is 5.10 Å². The molecule has 0 saturated heterocycles. The minimum absolute atomic E-state index is 0.0406. The minimum Gasteiger partial charge on any atom is -0.324 e. The van der Waals surface area contributed by atoms with Crippen molar-refractivity contribution in [1.29, 1.82) is 0 Å². The van der Waals surface area contributed by atoms with Crippen LogP contribution in [0.2, 0.25) is 0 Å². The highest BCUT2D eigenvalue weighted by Crippen LogP contribution is 2.29. The van der Waals surface area contributed by atoms with E-state index < -0.39 is 10.0 Å². The van der Waals surface area contributed by atoms with Gasteiger partial charge in [0.05, 0.1) is 10.6 Å². The third-order valence-electron chi connectivity index (χ3n) is 4.34. The van der Waals surface area contributed by atoms with E-state index in [0.29, 0.717) is 17.3 Å². The Morgan fingerprint density at radius 2 is 1.72 bits per heavy atom. The number of nitrogens with one attached hydrogen (secondary N) is 2. The van der Waals surface area contributed by atoms with Gasteiger partial charge < -0.3 is 5.32 Å². The Morgan fingerprint density at radius 3 is 2.41 bits per heavy atom. The lowest BCUT2D eigenvalue weighted by molar-refractivity contribution is 0.598. The van der Waals surface area contributed by atoms with Crippen molar-refractivity contribution in [1.82, 2.24) is 20.2 Å². The van der Waals surface area contributed by atoms with E-state index in [1.165, 1.54) is 17.7 Å². The van der Waals surface area contributed by atoms with Gasteiger partial charge in [-0.15, -0.1) is 0 Å². The first-order valence-electron chi connectivity index (χ1n) is 8.74. The molecule has 8 nitrogen and oxygen atoms in total. The van der Waals surface area contributed by atoms with Gasteiger partial charge in [-0.05, 0) is 37.3 Å². The van der Waals surface area contributed by atoms with E-state index in [9.17, 15) is 8.42 Å². The first-order chi connectivity index (χ1) is 13.9. The van der Waals surface area contributed by atoms with E-state index in [0.717, 1.165) is 16.8 Å². The highest BCUT2D eigenvalue weighted by molar-refractivity contribution is 7.89. The second kappa shape index (κ2) is 7.46. The largest absolute Gasteiger partial charge is 0.324 e. The van der Waals surface area contributed by atoms with E-state index in [-0.39, 0.29) is 4.90 Å². The molecule has 0 saturated carbocycles. The van der Waals surface area contributed by atoms with Crippen LogP contribution in [0.3, 0.4) is 0 Å². The fourth-order valence-corrected chi connectivity index (χ4v) is 3.36. The van der Waals surface area contributed by atoms with Gasteiger partial charge in [0.2, 0.25) is 16.0 Å². The summed E-state index contributed by atoms with van der Waals surface area (Å²) in [4.78, 5) is 8.83. The normalized spacial score (nSPS) is 11.4. The Kier molecular flexibility index (Phi) is 4.83. The van der Waals surface area contributed by atoms with Gasteiger partial charge in [0.25, 0.3) is 0 Å². The number of nitrogens with zero attached hydrogens (tertiary/aromatic N) is 3. The van der Waals surface area contributed by atoms with Crippen LogP contribution in [-0.2, 0) is 10.0 Å². The van der Waals surface area contributed by atoms with Crippen LogP contribution in [-0.4, -0.2) is 28.6 Å². The van der Waals surface area contributed by atoms with Crippen LogP contribution in [0.1, 0.15) is 5.56 Å². The van der Waals surface area contributed by atoms with Crippen LogP contribution in [0.4, 0.5) is 11.6 Å². The number of benzene rings is 2. The summed E-state index contributed by atoms with van der Waals surface area (Å²) in [6.07, 6.45) is 3.44. The van der Waals surface area contributed by atoms with Gasteiger partial charge in [-0.3, -0.25) is 5.10 Å². The van der Waals surface area contributed by atoms with Crippen molar-refractivity contribution in [3.8, 4) is 22.5 Å². The van der Waals surface area contributed by atoms with Crippen molar-refractivity contribution in [3.05, 3.63) is 72.6 Å². The molecule has 0 aliphatic heterocycles. The molecule has 9 heteroatoms. The molecule has 0 unspecified atom stereocenters. The molecule has 146 valence electrons. The number of aryl methyl sites for hydroxylation is 1. The Bertz CT molecular complexity index is 1250. The smallest absolute Gasteiger partial charge is 0.238 e. The maximum absolute atomic E-state index is 11.4. The summed E-state index contributed by atoms with van der Waals surface area (Å²) in [6, 6.07) is 16.0. The Balaban J connectivity index is 1.62. The topological polar surface area (TPSA) is 127 Å². The second-order valence-electron chi connectivity index (χ2n) is 6.47. The van der Waals surface area contributed by atoms with Crippen molar-refractivity contribution < 1.29 is 8.42 Å². The lowest BCUT2D eigenvalue weighted by Crippen LogP contribution is -2.11. The van der Waals surface area contributed by atoms with Crippen molar-refractivity contribution in [3.63, 3.8) is 0 Å². The molecule has 0 aliphatic rings. The number of hydrogen-bond donors (Lipinski definition) is 3. The van der Waals surface area contributed by atoms with Crippen molar-refractivity contribution in [2.45, 2.75) is 11.8 Å². The average molecular weight is 406 g/mol. The number of aromatic nitrogens is 4. The molecule has 0 fully saturated rings. The van der Waals surface area contributed by atoms with Crippen LogP contribution in [0.25, 0.3) is 22.5 Å². The number of nitrogens with two attached hydrogens (primary N) is 1. The van der Waals surface area contributed by atoms with E-state index in [2.05, 4.69) is 25.5 Å². The zero-order chi connectivity index (χ0) is 20.4. The maximum atomic E-state index is 11.4. The SMILES string of the molecule is Cc1ccc(-c2n[nH]cc2-c2ccnc(Nc3ccc(S(N)(=O)=O)cc3)n2)cc1. The van der Waals surface area contributed by atoms with E-state index >= 15 is 0 Å². The van der Waals surface area contributed by atoms with E-state index in [1.54, 1.807) is 30.6 Å². The summed E-state index contributed by atoms with van der Waals surface area (Å²) in [7, 11) is -3.73. The first kappa shape index (κ1) is 18.8. The highest BCUT2D eigenvalue weighted by atomic mass is 32.2. The summed E-state index contributed by atoms with van der Waals surface area (Å²) in [6.45, 7) is 2.03. The van der Waals surface area contributed by atoms with Crippen molar-refractivity contribution in [2.75, 3.05) is 5.32 Å². The third-order valence-corrected chi connectivity index (χ3v) is 5.27. The monoisotopic (exact) mass is 406 g/mol. The lowest BCUT2D eigenvalue weighted by Gasteiger charge is -2.08. The summed E-state index contributed by atoms with van der Waals surface area (Å²) in [5.41, 5.74) is 5.15. The molecule has 0 spiro atoms. The molecular formula is C20H18N6O2S. The predicted molar refractivity (Wildman–Crippen MR) is 111 cm³/mol. The third kappa shape index (κ3) is 4.15. The number of primary sulfonamides is 1. The fourth-order valence-electron chi connectivity index (χ4n) is 2.84. The molecular weight excluding hydrogens is 388 g/mol. The molecule has 0 radical (unpaired) electrons. The Morgan fingerprint density at radius 1 is 1.00 bits per heavy atom. The summed E-state index contributed by atoms with van der Waals surface area (Å²) < 4.78 is 22.7. The Hall–Kier alpha value is -3.56. The summed E-state index contributed by atoms with van der Waals surface area (Å²) in [5, 5.41) is 15.4. The van der Waals surface area contributed by atoms with E-state index in [4.69, 9.17) is 5.14 Å². The standard InChI is InChI=1S/C20H18N6O2S/c1-13-2-4-14(5-3-13)19-17(12-23-26-19)18-10-11-22-20(25-18)24-15-6-8-16(9-7-15)29(21,27)28/h2-12H,1H3,(H,23,26)(H2,21,27,28)(H,22,24,25). The summed E-state index contributed by atoms with van der Waals surface area (Å²) in [5.74, 6) is 0.377. The predicted octanol–water partition coefficient (Wildman–Crippen LogP) is 3.23. The van der Waals surface area contributed by atoms with E-state index in [1.807, 2.05) is 31.2 Å². The first-order valence-corrected chi connectivity index (χ1v) is 10.3. The van der Waals surface area contributed by atoms with Crippen LogP contribution in [0.15, 0.2) is 71.9 Å². The Labute approximate surface area is 167 Å². The average Bonchev–Trinajstić information content (AvgIpc) is 3.18. The number of sulfonamides is 1. The zero-order valence-electron chi connectivity index (χ0n) is 15.5. The number of hydrogen-bond acceptors (Lipinski definition) is 6. The van der Waals surface area contributed by atoms with Gasteiger partial charge in [0, 0.05) is 29.2 Å². The molecule has 0 amide bonds. The molecule has 0 aliphatic carbocycles. The molecule has 4 rings (SSSR count). The lowest BCUT2D eigenvalue weighted by atomic mass is 10.0. The van der Waals surface area contributed by atoms with Gasteiger partial charge in [-0.25, -0.2) is 23.5 Å². The van der Waals surface area contributed by atoms with Crippen LogP contribution in [0, 0.1) is 6.92 Å². The van der Waals surface area contributed by atoms with Crippen LogP contribution in [0.5, 0.6) is 0 Å². The van der Waals surface area contributed by atoms with Crippen molar-refractivity contribution in [2.24, 2.45) is 5.14 Å². The number of anilines is 2. The van der Waals surface area contributed by atoms with Gasteiger partial charge >= 0.3 is 0 Å². The van der Waals surface area contributed by atoms with Crippen molar-refractivity contribution >= 4 is 21.7 Å². The summed E-state index contributed by atoms with van der Waals surface area (Å²) >= 11 is 0. The quantitative estimate of drug-likeness (QED) is 0.467. The highest BCUT2D eigenvalue weighted by Gasteiger charge is 2.13. The minimum atomic E-state index is -3.73. The van der Waals surface area contributed by atoms with Gasteiger partial charge in [0.1, 0.15) is 5.69 Å². The van der Waals surface area contributed by atoms with Crippen LogP contribution >= 0.6 is 0 Å². The maximum Gasteiger partial charge on any atom is 0.238 e. The molecule has 2 heterocycles. The molecule has 4 aromatic rings. The molecule has 4 N–H and O–H groups in total. The van der Waals surface area contributed by atoms with Crippen LogP contribution < -0.4 is 10.5 Å². The number of aromatic amines is 1. The molecule has 0 atom stereocenters. The molecule has 2 aromatic heterocycles. The fraction of sp³-hybridized carbons (Fsp3) is 0.0500. The van der Waals surface area contributed by atoms with Gasteiger partial charge in [0.15, 0.2) is 0 Å². The molecule has 0 bridgehead atoms. The zero-order valence-corrected chi connectivity index (χ0v) is 16.3. The van der Waals surface area contributed by atoms with Gasteiger partial charge in [-0.1, -0.05) is 29.8 Å². The molecule has 2 aromatic carbocycles. The number of H-pyrrole nitrogens is 1. The molecule has 29 heavy (non-hydrogen) atoms.